The number of allylic oxidation sites excluding steroid dienone is 4. The van der Waals surface area contributed by atoms with Crippen LogP contribution in [0.4, 0.5) is 0 Å². The highest BCUT2D eigenvalue weighted by molar-refractivity contribution is 5.79. The Morgan fingerprint density at radius 2 is 1.28 bits per heavy atom. The monoisotopic (exact) mass is 328 g/mol. The van der Waals surface area contributed by atoms with Gasteiger partial charge in [-0.1, -0.05) is 101 Å². The van der Waals surface area contributed by atoms with E-state index in [1.54, 1.807) is 5.57 Å². The standard InChI is InChI=1S/C25H28/c1-24(2,3)21-15-10-16-22(21)25(4,5)23-19-13-8-6-11-17(19)18-12-7-9-14-20(18)23/h6-15,23H,16H2,1-5H3. The van der Waals surface area contributed by atoms with Crippen LogP contribution in [0.2, 0.25) is 0 Å². The molecule has 2 aromatic carbocycles. The second kappa shape index (κ2) is 5.46. The molecule has 128 valence electrons. The van der Waals surface area contributed by atoms with E-state index >= 15 is 0 Å². The predicted octanol–water partition coefficient (Wildman–Crippen LogP) is 7.13. The van der Waals surface area contributed by atoms with Crippen molar-refractivity contribution in [1.82, 2.24) is 0 Å². The van der Waals surface area contributed by atoms with Crippen LogP contribution >= 0.6 is 0 Å². The van der Waals surface area contributed by atoms with Crippen LogP contribution in [0.5, 0.6) is 0 Å². The molecule has 0 heteroatoms. The molecule has 4 rings (SSSR count). The van der Waals surface area contributed by atoms with Gasteiger partial charge in [0.1, 0.15) is 0 Å². The zero-order valence-electron chi connectivity index (χ0n) is 16.1. The molecule has 0 aromatic heterocycles. The van der Waals surface area contributed by atoms with Crippen LogP contribution in [0.1, 0.15) is 58.1 Å². The molecule has 0 nitrogen and oxygen atoms in total. The topological polar surface area (TPSA) is 0 Å². The van der Waals surface area contributed by atoms with Crippen molar-refractivity contribution in [3.05, 3.63) is 83.0 Å². The van der Waals surface area contributed by atoms with Crippen molar-refractivity contribution in [2.24, 2.45) is 10.8 Å². The summed E-state index contributed by atoms with van der Waals surface area (Å²) in [6.07, 6.45) is 5.80. The van der Waals surface area contributed by atoms with Crippen molar-refractivity contribution in [3.8, 4) is 11.1 Å². The third kappa shape index (κ3) is 2.42. The summed E-state index contributed by atoms with van der Waals surface area (Å²) < 4.78 is 0. The summed E-state index contributed by atoms with van der Waals surface area (Å²) in [4.78, 5) is 0. The van der Waals surface area contributed by atoms with Crippen LogP contribution in [-0.2, 0) is 0 Å². The van der Waals surface area contributed by atoms with E-state index < -0.39 is 0 Å². The second-order valence-corrected chi connectivity index (χ2v) is 9.08. The minimum atomic E-state index is 0.0921. The Balaban J connectivity index is 1.92. The van der Waals surface area contributed by atoms with Crippen molar-refractivity contribution in [1.29, 1.82) is 0 Å². The van der Waals surface area contributed by atoms with Crippen molar-refractivity contribution in [2.45, 2.75) is 47.0 Å². The van der Waals surface area contributed by atoms with Crippen molar-refractivity contribution in [2.75, 3.05) is 0 Å². The Kier molecular flexibility index (Phi) is 3.58. The van der Waals surface area contributed by atoms with Gasteiger partial charge >= 0.3 is 0 Å². The molecule has 0 fully saturated rings. The van der Waals surface area contributed by atoms with Gasteiger partial charge in [0, 0.05) is 5.92 Å². The molecule has 0 radical (unpaired) electrons. The summed E-state index contributed by atoms with van der Waals surface area (Å²) in [5.74, 6) is 0.423. The number of benzene rings is 2. The first kappa shape index (κ1) is 16.4. The Morgan fingerprint density at radius 1 is 0.760 bits per heavy atom. The fraction of sp³-hybridized carbons (Fsp3) is 0.360. The van der Waals surface area contributed by atoms with Crippen molar-refractivity contribution < 1.29 is 0 Å². The van der Waals surface area contributed by atoms with E-state index in [9.17, 15) is 0 Å². The van der Waals surface area contributed by atoms with Gasteiger partial charge in [-0.2, -0.15) is 0 Å². The van der Waals surface area contributed by atoms with Crippen LogP contribution in [-0.4, -0.2) is 0 Å². The molecule has 2 aliphatic rings. The van der Waals surface area contributed by atoms with Gasteiger partial charge in [-0.15, -0.1) is 0 Å². The SMILES string of the molecule is CC(C)(C)C1=C(C(C)(C)C2c3ccccc3-c3ccccc32)CC=C1. The molecule has 0 saturated carbocycles. The van der Waals surface area contributed by atoms with E-state index in [1.807, 2.05) is 0 Å². The molecular formula is C25H28. The summed E-state index contributed by atoms with van der Waals surface area (Å²) in [6.45, 7) is 11.9. The molecule has 0 bridgehead atoms. The first-order valence-electron chi connectivity index (χ1n) is 9.40. The van der Waals surface area contributed by atoms with Crippen LogP contribution in [0, 0.1) is 10.8 Å². The van der Waals surface area contributed by atoms with Gasteiger partial charge in [-0.25, -0.2) is 0 Å². The predicted molar refractivity (Wildman–Crippen MR) is 108 cm³/mol. The maximum atomic E-state index is 2.45. The first-order valence-corrected chi connectivity index (χ1v) is 9.40. The molecule has 0 saturated heterocycles. The lowest BCUT2D eigenvalue weighted by atomic mass is 9.65. The minimum Gasteiger partial charge on any atom is -0.0801 e. The Labute approximate surface area is 152 Å². The molecule has 0 unspecified atom stereocenters. The van der Waals surface area contributed by atoms with E-state index in [1.165, 1.54) is 27.8 Å². The first-order chi connectivity index (χ1) is 11.8. The molecule has 0 amide bonds. The van der Waals surface area contributed by atoms with E-state index in [0.717, 1.165) is 6.42 Å². The number of hydrogen-bond acceptors (Lipinski definition) is 0. The fourth-order valence-electron chi connectivity index (χ4n) is 4.93. The van der Waals surface area contributed by atoms with Crippen molar-refractivity contribution in [3.63, 3.8) is 0 Å². The quantitative estimate of drug-likeness (QED) is 0.550. The molecule has 0 spiro atoms. The maximum Gasteiger partial charge on any atom is 0.0190 e. The zero-order valence-corrected chi connectivity index (χ0v) is 16.1. The largest absolute Gasteiger partial charge is 0.0801 e. The Hall–Kier alpha value is -2.08. The highest BCUT2D eigenvalue weighted by Gasteiger charge is 2.43. The molecule has 0 aliphatic heterocycles. The normalized spacial score (nSPS) is 17.2. The lowest BCUT2D eigenvalue weighted by Crippen LogP contribution is -2.26. The van der Waals surface area contributed by atoms with Crippen LogP contribution < -0.4 is 0 Å². The summed E-state index contributed by atoms with van der Waals surface area (Å²) in [6, 6.07) is 18.0. The van der Waals surface area contributed by atoms with Gasteiger partial charge in [0.2, 0.25) is 0 Å². The van der Waals surface area contributed by atoms with Gasteiger partial charge in [0.15, 0.2) is 0 Å². The van der Waals surface area contributed by atoms with Gasteiger partial charge in [0.05, 0.1) is 0 Å². The second-order valence-electron chi connectivity index (χ2n) is 9.08. The maximum absolute atomic E-state index is 2.45. The summed E-state index contributed by atoms with van der Waals surface area (Å²) in [5, 5.41) is 0. The molecule has 0 heterocycles. The van der Waals surface area contributed by atoms with E-state index in [4.69, 9.17) is 0 Å². The molecule has 0 N–H and O–H groups in total. The van der Waals surface area contributed by atoms with Crippen LogP contribution in [0.3, 0.4) is 0 Å². The molecule has 25 heavy (non-hydrogen) atoms. The fourth-order valence-corrected chi connectivity index (χ4v) is 4.93. The number of rotatable bonds is 2. The molecule has 2 aliphatic carbocycles. The Morgan fingerprint density at radius 3 is 1.80 bits per heavy atom. The van der Waals surface area contributed by atoms with Gasteiger partial charge in [0.25, 0.3) is 0 Å². The van der Waals surface area contributed by atoms with Crippen molar-refractivity contribution >= 4 is 0 Å². The smallest absolute Gasteiger partial charge is 0.0190 e. The average molecular weight is 328 g/mol. The van der Waals surface area contributed by atoms with E-state index in [-0.39, 0.29) is 10.8 Å². The molecular weight excluding hydrogens is 300 g/mol. The highest BCUT2D eigenvalue weighted by atomic mass is 14.5. The average Bonchev–Trinajstić information content (AvgIpc) is 3.18. The lowest BCUT2D eigenvalue weighted by molar-refractivity contribution is 0.373. The molecule has 2 aromatic rings. The summed E-state index contributed by atoms with van der Waals surface area (Å²) >= 11 is 0. The van der Waals surface area contributed by atoms with E-state index in [2.05, 4.69) is 95.3 Å². The van der Waals surface area contributed by atoms with Crippen LogP contribution in [0.15, 0.2) is 71.8 Å². The third-order valence-electron chi connectivity index (χ3n) is 6.07. The number of fused-ring (bicyclic) bond motifs is 3. The van der Waals surface area contributed by atoms with Gasteiger partial charge in [-0.05, 0) is 45.1 Å². The summed E-state index contributed by atoms with van der Waals surface area (Å²) in [7, 11) is 0. The number of hydrogen-bond donors (Lipinski definition) is 0. The third-order valence-corrected chi connectivity index (χ3v) is 6.07. The summed E-state index contributed by atoms with van der Waals surface area (Å²) in [5.41, 5.74) is 9.23. The highest BCUT2D eigenvalue weighted by Crippen LogP contribution is 2.57. The zero-order chi connectivity index (χ0) is 17.8. The van der Waals surface area contributed by atoms with E-state index in [0.29, 0.717) is 5.92 Å². The molecule has 0 atom stereocenters. The minimum absolute atomic E-state index is 0.0921. The van der Waals surface area contributed by atoms with Gasteiger partial charge in [-0.3, -0.25) is 0 Å². The van der Waals surface area contributed by atoms with Crippen LogP contribution in [0.25, 0.3) is 11.1 Å². The van der Waals surface area contributed by atoms with Gasteiger partial charge < -0.3 is 0 Å². The lowest BCUT2D eigenvalue weighted by Gasteiger charge is -2.38. The Bertz CT molecular complexity index is 839.